The normalized spacial score (nSPS) is 21.2. The van der Waals surface area contributed by atoms with Crippen molar-refractivity contribution in [1.29, 1.82) is 0 Å². The zero-order valence-electron chi connectivity index (χ0n) is 15.9. The molecule has 0 N–H and O–H groups in total. The third-order valence-corrected chi connectivity index (χ3v) is 6.30. The van der Waals surface area contributed by atoms with Gasteiger partial charge in [-0.15, -0.1) is 0 Å². The second kappa shape index (κ2) is 7.93. The van der Waals surface area contributed by atoms with Crippen LogP contribution in [0.2, 0.25) is 0 Å². The number of anilines is 1. The summed E-state index contributed by atoms with van der Waals surface area (Å²) in [5.41, 5.74) is 2.67. The van der Waals surface area contributed by atoms with Crippen LogP contribution in [0.3, 0.4) is 0 Å². The number of rotatable bonds is 5. The number of oxime groups is 1. The largest absolute Gasteiger partial charge is 0.382 e. The average Bonchev–Trinajstić information content (AvgIpc) is 3.52. The van der Waals surface area contributed by atoms with Gasteiger partial charge in [0, 0.05) is 13.0 Å². The Morgan fingerprint density at radius 3 is 2.76 bits per heavy atom. The molecule has 0 saturated carbocycles. The van der Waals surface area contributed by atoms with Crippen LogP contribution in [0.5, 0.6) is 0 Å². The number of aromatic nitrogens is 1. The Bertz CT molecular complexity index is 1010. The summed E-state index contributed by atoms with van der Waals surface area (Å²) in [6, 6.07) is 17.8. The summed E-state index contributed by atoms with van der Waals surface area (Å²) in [6.45, 7) is 1.23. The molecule has 2 atom stereocenters. The van der Waals surface area contributed by atoms with E-state index in [0.29, 0.717) is 18.1 Å². The lowest BCUT2D eigenvalue weighted by Crippen LogP contribution is -2.43. The Morgan fingerprint density at radius 1 is 1.14 bits per heavy atom. The third kappa shape index (κ3) is 3.75. The van der Waals surface area contributed by atoms with Crippen LogP contribution in [-0.4, -0.2) is 42.0 Å². The Hall–Kier alpha value is -2.77. The summed E-state index contributed by atoms with van der Waals surface area (Å²) in [6.07, 6.45) is 1.82. The molecule has 0 spiro atoms. The van der Waals surface area contributed by atoms with Crippen LogP contribution in [0.4, 0.5) is 5.13 Å². The number of hydrogen-bond acceptors (Lipinski definition) is 6. The molecule has 148 valence electrons. The van der Waals surface area contributed by atoms with E-state index in [2.05, 4.69) is 5.16 Å². The molecule has 1 aromatic heterocycles. The quantitative estimate of drug-likeness (QED) is 0.641. The van der Waals surface area contributed by atoms with E-state index in [0.717, 1.165) is 40.9 Å². The van der Waals surface area contributed by atoms with Gasteiger partial charge < -0.3 is 9.57 Å². The molecule has 0 bridgehead atoms. The van der Waals surface area contributed by atoms with E-state index in [-0.39, 0.29) is 12.0 Å². The maximum atomic E-state index is 13.4. The molecule has 0 radical (unpaired) electrons. The van der Waals surface area contributed by atoms with E-state index in [1.165, 1.54) is 11.3 Å². The van der Waals surface area contributed by atoms with E-state index >= 15 is 0 Å². The fraction of sp³-hybridized carbons (Fsp3) is 0.318. The molecule has 2 unspecified atom stereocenters. The molecule has 2 aliphatic rings. The first kappa shape index (κ1) is 18.3. The number of nitrogens with zero attached hydrogens (tertiary/aromatic N) is 3. The van der Waals surface area contributed by atoms with Crippen LogP contribution in [0.15, 0.2) is 59.8 Å². The van der Waals surface area contributed by atoms with Gasteiger partial charge in [0.1, 0.15) is 0 Å². The highest BCUT2D eigenvalue weighted by atomic mass is 32.1. The monoisotopic (exact) mass is 407 g/mol. The fourth-order valence-electron chi connectivity index (χ4n) is 3.71. The van der Waals surface area contributed by atoms with Crippen molar-refractivity contribution in [2.45, 2.75) is 31.5 Å². The van der Waals surface area contributed by atoms with Crippen molar-refractivity contribution in [2.75, 3.05) is 18.1 Å². The third-order valence-electron chi connectivity index (χ3n) is 5.24. The van der Waals surface area contributed by atoms with Crippen molar-refractivity contribution in [3.8, 4) is 0 Å². The number of para-hydroxylation sites is 1. The molecule has 1 saturated heterocycles. The van der Waals surface area contributed by atoms with E-state index in [1.807, 2.05) is 54.6 Å². The molecule has 7 heteroatoms. The van der Waals surface area contributed by atoms with Crippen molar-refractivity contribution in [1.82, 2.24) is 4.98 Å². The number of carbonyl (C=O) groups excluding carboxylic acids is 1. The number of amides is 1. The molecule has 2 aliphatic heterocycles. The molecule has 3 aromatic rings. The molecular weight excluding hydrogens is 386 g/mol. The highest BCUT2D eigenvalue weighted by Gasteiger charge is 2.36. The molecule has 2 aromatic carbocycles. The van der Waals surface area contributed by atoms with Crippen LogP contribution in [0, 0.1) is 0 Å². The van der Waals surface area contributed by atoms with E-state index in [4.69, 9.17) is 14.6 Å². The number of fused-ring (bicyclic) bond motifs is 1. The van der Waals surface area contributed by atoms with Gasteiger partial charge in [0.05, 0.1) is 28.6 Å². The highest BCUT2D eigenvalue weighted by molar-refractivity contribution is 7.22. The van der Waals surface area contributed by atoms with Gasteiger partial charge in [0.25, 0.3) is 5.91 Å². The summed E-state index contributed by atoms with van der Waals surface area (Å²) in [4.78, 5) is 25.4. The molecule has 1 fully saturated rings. The van der Waals surface area contributed by atoms with Crippen LogP contribution < -0.4 is 4.90 Å². The van der Waals surface area contributed by atoms with Gasteiger partial charge in [-0.2, -0.15) is 0 Å². The number of carbonyl (C=O) groups is 1. The minimum absolute atomic E-state index is 0.0295. The zero-order valence-corrected chi connectivity index (χ0v) is 16.7. The Kier molecular flexibility index (Phi) is 4.99. The number of benzene rings is 2. The van der Waals surface area contributed by atoms with Gasteiger partial charge >= 0.3 is 0 Å². The van der Waals surface area contributed by atoms with Crippen molar-refractivity contribution in [3.05, 3.63) is 60.2 Å². The number of ether oxygens (including phenoxy) is 1. The molecule has 29 heavy (non-hydrogen) atoms. The van der Waals surface area contributed by atoms with Crippen LogP contribution in [-0.2, 0) is 14.4 Å². The van der Waals surface area contributed by atoms with Gasteiger partial charge in [-0.25, -0.2) is 4.98 Å². The van der Waals surface area contributed by atoms with Gasteiger partial charge in [-0.3, -0.25) is 9.69 Å². The van der Waals surface area contributed by atoms with E-state index in [9.17, 15) is 4.79 Å². The van der Waals surface area contributed by atoms with Gasteiger partial charge in [0.15, 0.2) is 5.13 Å². The van der Waals surface area contributed by atoms with Crippen LogP contribution in [0.25, 0.3) is 10.2 Å². The van der Waals surface area contributed by atoms with E-state index in [1.54, 1.807) is 4.90 Å². The molecule has 0 aliphatic carbocycles. The smallest absolute Gasteiger partial charge is 0.273 e. The maximum Gasteiger partial charge on any atom is 0.273 e. The average molecular weight is 407 g/mol. The minimum atomic E-state index is -0.640. The summed E-state index contributed by atoms with van der Waals surface area (Å²) in [5.74, 6) is -0.116. The topological polar surface area (TPSA) is 64.0 Å². The number of thiazole rings is 1. The first-order valence-electron chi connectivity index (χ1n) is 9.84. The zero-order chi connectivity index (χ0) is 19.6. The maximum absolute atomic E-state index is 13.4. The highest BCUT2D eigenvalue weighted by Crippen LogP contribution is 2.31. The lowest BCUT2D eigenvalue weighted by Gasteiger charge is -2.24. The van der Waals surface area contributed by atoms with Crippen LogP contribution >= 0.6 is 11.3 Å². The molecule has 6 nitrogen and oxygen atoms in total. The van der Waals surface area contributed by atoms with Crippen molar-refractivity contribution in [2.24, 2.45) is 5.16 Å². The minimum Gasteiger partial charge on any atom is -0.382 e. The lowest BCUT2D eigenvalue weighted by molar-refractivity contribution is -0.128. The van der Waals surface area contributed by atoms with Gasteiger partial charge in [-0.1, -0.05) is 59.0 Å². The first-order valence-corrected chi connectivity index (χ1v) is 10.7. The summed E-state index contributed by atoms with van der Waals surface area (Å²) in [5, 5.41) is 4.86. The molecule has 1 amide bonds. The van der Waals surface area contributed by atoms with Crippen molar-refractivity contribution < 1.29 is 14.4 Å². The standard InChI is InChI=1S/C22H21N3O3S/c26-21(19-13-18(24-28-19)15-7-2-1-3-8-15)25(14-16-9-6-12-27-16)22-23-17-10-4-5-11-20(17)29-22/h1-5,7-8,10-11,16,19H,6,9,12-14H2. The summed E-state index contributed by atoms with van der Waals surface area (Å²) < 4.78 is 6.85. The summed E-state index contributed by atoms with van der Waals surface area (Å²) in [7, 11) is 0. The fourth-order valence-corrected chi connectivity index (χ4v) is 4.69. The first-order chi connectivity index (χ1) is 14.3. The molecule has 5 rings (SSSR count). The van der Waals surface area contributed by atoms with Crippen LogP contribution in [0.1, 0.15) is 24.8 Å². The Morgan fingerprint density at radius 2 is 1.97 bits per heavy atom. The molecular formula is C22H21N3O3S. The van der Waals surface area contributed by atoms with Gasteiger partial charge in [-0.05, 0) is 30.5 Å². The Balaban J connectivity index is 1.39. The predicted octanol–water partition coefficient (Wildman–Crippen LogP) is 4.00. The lowest BCUT2D eigenvalue weighted by atomic mass is 10.0. The SMILES string of the molecule is O=C(C1CC(c2ccccc2)=NO1)N(CC1CCCO1)c1nc2ccccc2s1. The molecule has 3 heterocycles. The van der Waals surface area contributed by atoms with Crippen molar-refractivity contribution in [3.63, 3.8) is 0 Å². The van der Waals surface area contributed by atoms with Gasteiger partial charge in [0.2, 0.25) is 6.10 Å². The summed E-state index contributed by atoms with van der Waals surface area (Å²) >= 11 is 1.52. The predicted molar refractivity (Wildman–Crippen MR) is 113 cm³/mol. The Labute approximate surface area is 172 Å². The number of hydrogen-bond donors (Lipinski definition) is 0. The van der Waals surface area contributed by atoms with Crippen molar-refractivity contribution >= 4 is 38.3 Å². The van der Waals surface area contributed by atoms with E-state index < -0.39 is 6.10 Å². The second-order valence-electron chi connectivity index (χ2n) is 7.25. The second-order valence-corrected chi connectivity index (χ2v) is 8.26.